The molecule has 0 radical (unpaired) electrons. The number of nitrogens with two attached hydrogens (primary N) is 1. The standard InChI is InChI=1S/C19H19FN2O3/c20-15-6-9-17(10-7-15)25-18(23)11-14-3-1-13(2-4-14)5-8-16-12-24-19(21)22-16/h1-4,6-7,9-10,16H,5,8,11-12H2,(H2,21,22). The van der Waals surface area contributed by atoms with Crippen LogP contribution >= 0.6 is 0 Å². The van der Waals surface area contributed by atoms with E-state index in [-0.39, 0.29) is 30.3 Å². The van der Waals surface area contributed by atoms with E-state index in [9.17, 15) is 9.18 Å². The van der Waals surface area contributed by atoms with Crippen molar-refractivity contribution < 1.29 is 18.7 Å². The molecule has 3 rings (SSSR count). The summed E-state index contributed by atoms with van der Waals surface area (Å²) < 4.78 is 23.1. The molecule has 0 aromatic heterocycles. The smallest absolute Gasteiger partial charge is 0.315 e. The lowest BCUT2D eigenvalue weighted by molar-refractivity contribution is -0.133. The Bertz CT molecular complexity index is 757. The van der Waals surface area contributed by atoms with Gasteiger partial charge in [-0.3, -0.25) is 4.79 Å². The topological polar surface area (TPSA) is 73.9 Å². The molecule has 1 unspecified atom stereocenters. The Morgan fingerprint density at radius 2 is 1.84 bits per heavy atom. The SMILES string of the molecule is NC1=NC(CCc2ccc(CC(=O)Oc3ccc(F)cc3)cc2)CO1. The Morgan fingerprint density at radius 3 is 2.48 bits per heavy atom. The Kier molecular flexibility index (Phi) is 5.28. The van der Waals surface area contributed by atoms with Gasteiger partial charge in [0.15, 0.2) is 0 Å². The molecule has 0 spiro atoms. The van der Waals surface area contributed by atoms with E-state index in [2.05, 4.69) is 4.99 Å². The maximum absolute atomic E-state index is 12.8. The van der Waals surface area contributed by atoms with Crippen LogP contribution in [0.15, 0.2) is 53.5 Å². The Labute approximate surface area is 145 Å². The van der Waals surface area contributed by atoms with Crippen LogP contribution in [-0.2, 0) is 22.4 Å². The van der Waals surface area contributed by atoms with Gasteiger partial charge in [-0.15, -0.1) is 0 Å². The number of amidine groups is 1. The second-order valence-corrected chi connectivity index (χ2v) is 5.89. The van der Waals surface area contributed by atoms with Crippen molar-refractivity contribution >= 4 is 12.0 Å². The van der Waals surface area contributed by atoms with Gasteiger partial charge in [0.1, 0.15) is 18.2 Å². The molecule has 0 bridgehead atoms. The molecule has 1 heterocycles. The van der Waals surface area contributed by atoms with Crippen LogP contribution < -0.4 is 10.5 Å². The van der Waals surface area contributed by atoms with Crippen molar-refractivity contribution in [3.8, 4) is 5.75 Å². The molecule has 0 saturated carbocycles. The Hall–Kier alpha value is -2.89. The molecule has 5 nitrogen and oxygen atoms in total. The quantitative estimate of drug-likeness (QED) is 0.647. The highest BCUT2D eigenvalue weighted by Gasteiger charge is 2.16. The second kappa shape index (κ2) is 7.79. The van der Waals surface area contributed by atoms with Crippen molar-refractivity contribution in [2.45, 2.75) is 25.3 Å². The van der Waals surface area contributed by atoms with Crippen LogP contribution in [0.5, 0.6) is 5.75 Å². The Morgan fingerprint density at radius 1 is 1.16 bits per heavy atom. The third-order valence-electron chi connectivity index (χ3n) is 3.92. The summed E-state index contributed by atoms with van der Waals surface area (Å²) >= 11 is 0. The summed E-state index contributed by atoms with van der Waals surface area (Å²) in [5.41, 5.74) is 7.51. The average Bonchev–Trinajstić information content (AvgIpc) is 3.02. The van der Waals surface area contributed by atoms with E-state index in [1.807, 2.05) is 24.3 Å². The zero-order chi connectivity index (χ0) is 17.6. The number of aliphatic imine (C=N–C) groups is 1. The first-order valence-corrected chi connectivity index (χ1v) is 8.08. The van der Waals surface area contributed by atoms with E-state index in [0.29, 0.717) is 12.4 Å². The van der Waals surface area contributed by atoms with Crippen LogP contribution in [0.4, 0.5) is 4.39 Å². The van der Waals surface area contributed by atoms with Gasteiger partial charge < -0.3 is 15.2 Å². The normalized spacial score (nSPS) is 16.2. The van der Waals surface area contributed by atoms with E-state index in [1.165, 1.54) is 24.3 Å². The molecule has 0 saturated heterocycles. The second-order valence-electron chi connectivity index (χ2n) is 5.89. The van der Waals surface area contributed by atoms with Crippen molar-refractivity contribution in [3.05, 3.63) is 65.5 Å². The number of rotatable bonds is 6. The van der Waals surface area contributed by atoms with Crippen molar-refractivity contribution in [1.82, 2.24) is 0 Å². The van der Waals surface area contributed by atoms with Gasteiger partial charge in [0, 0.05) is 0 Å². The summed E-state index contributed by atoms with van der Waals surface area (Å²) in [5, 5.41) is 0. The Balaban J connectivity index is 1.48. The molecular formula is C19H19FN2O3. The molecule has 1 atom stereocenters. The molecule has 130 valence electrons. The number of hydrogen-bond donors (Lipinski definition) is 1. The molecule has 2 aromatic carbocycles. The molecule has 2 N–H and O–H groups in total. The molecule has 1 aliphatic rings. The lowest BCUT2D eigenvalue weighted by Gasteiger charge is -2.07. The zero-order valence-corrected chi connectivity index (χ0v) is 13.7. The van der Waals surface area contributed by atoms with Crippen LogP contribution in [0.2, 0.25) is 0 Å². The van der Waals surface area contributed by atoms with Crippen LogP contribution in [0, 0.1) is 5.82 Å². The van der Waals surface area contributed by atoms with Crippen molar-refractivity contribution in [1.29, 1.82) is 0 Å². The van der Waals surface area contributed by atoms with Crippen molar-refractivity contribution in [3.63, 3.8) is 0 Å². The highest BCUT2D eigenvalue weighted by molar-refractivity contribution is 5.75. The zero-order valence-electron chi connectivity index (χ0n) is 13.7. The van der Waals surface area contributed by atoms with Gasteiger partial charge >= 0.3 is 5.97 Å². The number of carbonyl (C=O) groups is 1. The average molecular weight is 342 g/mol. The van der Waals surface area contributed by atoms with Gasteiger partial charge in [-0.2, -0.15) is 0 Å². The van der Waals surface area contributed by atoms with Crippen LogP contribution in [-0.4, -0.2) is 24.6 Å². The third-order valence-corrected chi connectivity index (χ3v) is 3.92. The summed E-state index contributed by atoms with van der Waals surface area (Å²) in [6.45, 7) is 0.541. The van der Waals surface area contributed by atoms with E-state index in [0.717, 1.165) is 24.0 Å². The van der Waals surface area contributed by atoms with Gasteiger partial charge in [-0.25, -0.2) is 9.38 Å². The fourth-order valence-corrected chi connectivity index (χ4v) is 2.58. The molecule has 0 fully saturated rings. The fraction of sp³-hybridized carbons (Fsp3) is 0.263. The number of benzene rings is 2. The summed E-state index contributed by atoms with van der Waals surface area (Å²) in [6, 6.07) is 13.5. The maximum atomic E-state index is 12.8. The monoisotopic (exact) mass is 342 g/mol. The number of halogens is 1. The predicted molar refractivity (Wildman–Crippen MR) is 91.9 cm³/mol. The largest absolute Gasteiger partial charge is 0.463 e. The minimum atomic E-state index is -0.382. The molecule has 6 heteroatoms. The first-order chi connectivity index (χ1) is 12.1. The van der Waals surface area contributed by atoms with Crippen LogP contribution in [0.25, 0.3) is 0 Å². The third kappa shape index (κ3) is 5.04. The fourth-order valence-electron chi connectivity index (χ4n) is 2.58. The van der Waals surface area contributed by atoms with Gasteiger partial charge in [0.05, 0.1) is 12.5 Å². The molecule has 1 aliphatic heterocycles. The van der Waals surface area contributed by atoms with Gasteiger partial charge in [0.25, 0.3) is 6.02 Å². The summed E-state index contributed by atoms with van der Waals surface area (Å²) in [6.07, 6.45) is 1.90. The first-order valence-electron chi connectivity index (χ1n) is 8.08. The first kappa shape index (κ1) is 17.0. The van der Waals surface area contributed by atoms with Crippen LogP contribution in [0.1, 0.15) is 17.5 Å². The van der Waals surface area contributed by atoms with Crippen LogP contribution in [0.3, 0.4) is 0 Å². The lowest BCUT2D eigenvalue weighted by Crippen LogP contribution is -2.11. The van der Waals surface area contributed by atoms with E-state index < -0.39 is 0 Å². The lowest BCUT2D eigenvalue weighted by atomic mass is 10.0. The van der Waals surface area contributed by atoms with E-state index in [1.54, 1.807) is 0 Å². The minimum Gasteiger partial charge on any atom is -0.463 e. The minimum absolute atomic E-state index is 0.116. The van der Waals surface area contributed by atoms with E-state index in [4.69, 9.17) is 15.2 Å². The summed E-state index contributed by atoms with van der Waals surface area (Å²) in [7, 11) is 0. The number of esters is 1. The molecule has 0 amide bonds. The van der Waals surface area contributed by atoms with Crippen molar-refractivity contribution in [2.24, 2.45) is 10.7 Å². The molecule has 25 heavy (non-hydrogen) atoms. The molecule has 2 aromatic rings. The number of ether oxygens (including phenoxy) is 2. The van der Waals surface area contributed by atoms with Gasteiger partial charge in [-0.1, -0.05) is 24.3 Å². The number of hydrogen-bond acceptors (Lipinski definition) is 5. The maximum Gasteiger partial charge on any atom is 0.315 e. The highest BCUT2D eigenvalue weighted by atomic mass is 19.1. The molecular weight excluding hydrogens is 323 g/mol. The highest BCUT2D eigenvalue weighted by Crippen LogP contribution is 2.15. The number of aryl methyl sites for hydroxylation is 1. The van der Waals surface area contributed by atoms with Gasteiger partial charge in [-0.05, 0) is 48.2 Å². The summed E-state index contributed by atoms with van der Waals surface area (Å²) in [4.78, 5) is 16.1. The van der Waals surface area contributed by atoms with Crippen molar-refractivity contribution in [2.75, 3.05) is 6.61 Å². The summed E-state index contributed by atoms with van der Waals surface area (Å²) in [5.74, 6) is -0.415. The number of nitrogens with zero attached hydrogens (tertiary/aromatic N) is 1. The van der Waals surface area contributed by atoms with Gasteiger partial charge in [0.2, 0.25) is 0 Å². The predicted octanol–water partition coefficient (Wildman–Crippen LogP) is 2.62. The number of carbonyl (C=O) groups excluding carboxylic acids is 1. The van der Waals surface area contributed by atoms with E-state index >= 15 is 0 Å². The molecule has 0 aliphatic carbocycles.